The second-order valence-corrected chi connectivity index (χ2v) is 5.04. The van der Waals surface area contributed by atoms with Crippen LogP contribution in [0.1, 0.15) is 12.5 Å². The zero-order valence-electron chi connectivity index (χ0n) is 11.1. The monoisotopic (exact) mass is 293 g/mol. The van der Waals surface area contributed by atoms with Crippen molar-refractivity contribution < 1.29 is 4.74 Å². The van der Waals surface area contributed by atoms with E-state index in [0.29, 0.717) is 23.9 Å². The maximum absolute atomic E-state index is 11.9. The molecule has 2 N–H and O–H groups in total. The van der Waals surface area contributed by atoms with Gasteiger partial charge in [0, 0.05) is 17.1 Å². The molecule has 2 aromatic rings. The predicted octanol–water partition coefficient (Wildman–Crippen LogP) is 1.67. The lowest BCUT2D eigenvalue weighted by atomic mass is 10.2. The van der Waals surface area contributed by atoms with Crippen molar-refractivity contribution in [3.05, 3.63) is 57.5 Å². The van der Waals surface area contributed by atoms with Crippen molar-refractivity contribution in [3.63, 3.8) is 0 Å². The molecule has 0 amide bonds. The summed E-state index contributed by atoms with van der Waals surface area (Å²) in [7, 11) is 0. The summed E-state index contributed by atoms with van der Waals surface area (Å²) in [5.74, 6) is 0.430. The van der Waals surface area contributed by atoms with Gasteiger partial charge in [0.15, 0.2) is 0 Å². The number of hydrogen-bond donors (Lipinski definition) is 1. The number of nitrogens with zero attached hydrogens (tertiary/aromatic N) is 2. The normalized spacial score (nSPS) is 12.2. The number of aromatic nitrogens is 2. The van der Waals surface area contributed by atoms with Gasteiger partial charge in [0.1, 0.15) is 12.4 Å². The fourth-order valence-corrected chi connectivity index (χ4v) is 1.73. The van der Waals surface area contributed by atoms with E-state index in [1.54, 1.807) is 12.1 Å². The molecule has 0 spiro atoms. The standard InChI is InChI=1S/C14H16ClN3O2/c1-10(16)9-20-13-6-14(19)18(17-7-13)8-11-2-4-12(15)5-3-11/h2-7,10H,8-9,16H2,1H3. The van der Waals surface area contributed by atoms with Gasteiger partial charge in [-0.3, -0.25) is 4.79 Å². The van der Waals surface area contributed by atoms with Gasteiger partial charge < -0.3 is 10.5 Å². The van der Waals surface area contributed by atoms with Gasteiger partial charge >= 0.3 is 0 Å². The van der Waals surface area contributed by atoms with Crippen LogP contribution in [0.15, 0.2) is 41.3 Å². The molecule has 106 valence electrons. The molecule has 0 saturated carbocycles. The van der Waals surface area contributed by atoms with E-state index < -0.39 is 0 Å². The second-order valence-electron chi connectivity index (χ2n) is 4.60. The summed E-state index contributed by atoms with van der Waals surface area (Å²) in [4.78, 5) is 11.9. The van der Waals surface area contributed by atoms with Crippen molar-refractivity contribution in [3.8, 4) is 5.75 Å². The molecule has 6 heteroatoms. The van der Waals surface area contributed by atoms with Crippen LogP contribution in [-0.2, 0) is 6.54 Å². The molecule has 5 nitrogen and oxygen atoms in total. The van der Waals surface area contributed by atoms with Crippen molar-refractivity contribution in [1.29, 1.82) is 0 Å². The van der Waals surface area contributed by atoms with Crippen LogP contribution in [0, 0.1) is 0 Å². The number of ether oxygens (including phenoxy) is 1. The molecule has 0 fully saturated rings. The van der Waals surface area contributed by atoms with Crippen molar-refractivity contribution in [1.82, 2.24) is 9.78 Å². The lowest BCUT2D eigenvalue weighted by molar-refractivity contribution is 0.293. The Morgan fingerprint density at radius 3 is 2.70 bits per heavy atom. The van der Waals surface area contributed by atoms with Gasteiger partial charge in [0.2, 0.25) is 0 Å². The highest BCUT2D eigenvalue weighted by molar-refractivity contribution is 6.30. The maximum atomic E-state index is 11.9. The fraction of sp³-hybridized carbons (Fsp3) is 0.286. The van der Waals surface area contributed by atoms with E-state index in [-0.39, 0.29) is 11.6 Å². The van der Waals surface area contributed by atoms with E-state index >= 15 is 0 Å². The molecular weight excluding hydrogens is 278 g/mol. The molecule has 0 radical (unpaired) electrons. The Hall–Kier alpha value is -1.85. The Morgan fingerprint density at radius 1 is 1.40 bits per heavy atom. The number of hydrogen-bond acceptors (Lipinski definition) is 4. The summed E-state index contributed by atoms with van der Waals surface area (Å²) in [6, 6.07) is 8.59. The summed E-state index contributed by atoms with van der Waals surface area (Å²) >= 11 is 5.82. The minimum Gasteiger partial charge on any atom is -0.490 e. The van der Waals surface area contributed by atoms with Crippen LogP contribution in [-0.4, -0.2) is 22.4 Å². The second kappa shape index (κ2) is 6.54. The zero-order valence-corrected chi connectivity index (χ0v) is 11.9. The highest BCUT2D eigenvalue weighted by Crippen LogP contribution is 2.10. The van der Waals surface area contributed by atoms with Crippen LogP contribution in [0.5, 0.6) is 5.75 Å². The first kappa shape index (κ1) is 14.6. The molecule has 0 bridgehead atoms. The van der Waals surface area contributed by atoms with Crippen LogP contribution < -0.4 is 16.0 Å². The molecule has 1 unspecified atom stereocenters. The molecule has 1 aromatic heterocycles. The van der Waals surface area contributed by atoms with E-state index in [1.807, 2.05) is 19.1 Å². The van der Waals surface area contributed by atoms with Crippen molar-refractivity contribution >= 4 is 11.6 Å². The van der Waals surface area contributed by atoms with Crippen molar-refractivity contribution in [2.24, 2.45) is 5.73 Å². The molecule has 0 aliphatic rings. The molecular formula is C14H16ClN3O2. The average Bonchev–Trinajstić information content (AvgIpc) is 2.41. The van der Waals surface area contributed by atoms with Gasteiger partial charge in [-0.1, -0.05) is 23.7 Å². The van der Waals surface area contributed by atoms with E-state index in [4.69, 9.17) is 22.1 Å². The van der Waals surface area contributed by atoms with Gasteiger partial charge in [0.25, 0.3) is 5.56 Å². The van der Waals surface area contributed by atoms with Crippen molar-refractivity contribution in [2.75, 3.05) is 6.61 Å². The first-order chi connectivity index (χ1) is 9.54. The van der Waals surface area contributed by atoms with Crippen LogP contribution in [0.2, 0.25) is 5.02 Å². The van der Waals surface area contributed by atoms with E-state index in [2.05, 4.69) is 5.10 Å². The van der Waals surface area contributed by atoms with Gasteiger partial charge in [-0.05, 0) is 24.6 Å². The van der Waals surface area contributed by atoms with Gasteiger partial charge in [-0.25, -0.2) is 4.68 Å². The predicted molar refractivity (Wildman–Crippen MR) is 78.2 cm³/mol. The molecule has 1 heterocycles. The molecule has 2 rings (SSSR count). The SMILES string of the molecule is CC(N)COc1cnn(Cc2ccc(Cl)cc2)c(=O)c1. The van der Waals surface area contributed by atoms with Gasteiger partial charge in [0.05, 0.1) is 12.7 Å². The average molecular weight is 294 g/mol. The largest absolute Gasteiger partial charge is 0.490 e. The topological polar surface area (TPSA) is 70.1 Å². The third-order valence-electron chi connectivity index (χ3n) is 2.60. The van der Waals surface area contributed by atoms with Gasteiger partial charge in [-0.2, -0.15) is 5.10 Å². The smallest absolute Gasteiger partial charge is 0.270 e. The third-order valence-corrected chi connectivity index (χ3v) is 2.85. The van der Waals surface area contributed by atoms with Gasteiger partial charge in [-0.15, -0.1) is 0 Å². The lowest BCUT2D eigenvalue weighted by Crippen LogP contribution is -2.26. The Bertz CT molecular complexity index is 623. The number of benzene rings is 1. The minimum absolute atomic E-state index is 0.0912. The van der Waals surface area contributed by atoms with Crippen LogP contribution in [0.25, 0.3) is 0 Å². The maximum Gasteiger partial charge on any atom is 0.270 e. The first-order valence-corrected chi connectivity index (χ1v) is 6.62. The first-order valence-electron chi connectivity index (χ1n) is 6.24. The summed E-state index contributed by atoms with van der Waals surface area (Å²) in [6.45, 7) is 2.57. The highest BCUT2D eigenvalue weighted by Gasteiger charge is 2.03. The van der Waals surface area contributed by atoms with E-state index in [1.165, 1.54) is 16.9 Å². The molecule has 1 atom stereocenters. The van der Waals surface area contributed by atoms with Crippen LogP contribution in [0.4, 0.5) is 0 Å². The molecule has 20 heavy (non-hydrogen) atoms. The van der Waals surface area contributed by atoms with E-state index in [9.17, 15) is 4.79 Å². The Kier molecular flexibility index (Phi) is 4.76. The summed E-state index contributed by atoms with van der Waals surface area (Å²) in [5, 5.41) is 4.74. The van der Waals surface area contributed by atoms with Crippen molar-refractivity contribution in [2.45, 2.75) is 19.5 Å². The molecule has 0 saturated heterocycles. The molecule has 0 aliphatic heterocycles. The molecule has 1 aromatic carbocycles. The minimum atomic E-state index is -0.220. The number of halogens is 1. The fourth-order valence-electron chi connectivity index (χ4n) is 1.61. The summed E-state index contributed by atoms with van der Waals surface area (Å²) < 4.78 is 6.71. The van der Waals surface area contributed by atoms with Crippen LogP contribution in [0.3, 0.4) is 0 Å². The lowest BCUT2D eigenvalue weighted by Gasteiger charge is -2.09. The summed E-state index contributed by atoms with van der Waals surface area (Å²) in [6.07, 6.45) is 1.51. The quantitative estimate of drug-likeness (QED) is 0.910. The molecule has 0 aliphatic carbocycles. The van der Waals surface area contributed by atoms with E-state index in [0.717, 1.165) is 5.56 Å². The summed E-state index contributed by atoms with van der Waals surface area (Å²) in [5.41, 5.74) is 6.31. The van der Waals surface area contributed by atoms with Crippen LogP contribution >= 0.6 is 11.6 Å². The number of nitrogens with two attached hydrogens (primary N) is 1. The Morgan fingerprint density at radius 2 is 2.10 bits per heavy atom. The number of rotatable bonds is 5. The third kappa shape index (κ3) is 4.08. The Balaban J connectivity index is 2.09. The zero-order chi connectivity index (χ0) is 14.5. The highest BCUT2D eigenvalue weighted by atomic mass is 35.5. The Labute approximate surface area is 121 Å².